The number of hydrogen-bond donors (Lipinski definition) is 1. The molecule has 7 nitrogen and oxygen atoms in total. The first-order chi connectivity index (χ1) is 10.2. The Morgan fingerprint density at radius 2 is 2.05 bits per heavy atom. The van der Waals surface area contributed by atoms with E-state index < -0.39 is 0 Å². The molecular formula is C14H22N6O. The van der Waals surface area contributed by atoms with E-state index in [0.717, 1.165) is 32.6 Å². The van der Waals surface area contributed by atoms with Gasteiger partial charge in [0.2, 0.25) is 0 Å². The Labute approximate surface area is 124 Å². The van der Waals surface area contributed by atoms with Gasteiger partial charge >= 0.3 is 0 Å². The summed E-state index contributed by atoms with van der Waals surface area (Å²) in [7, 11) is 2.19. The standard InChI is InChI=1S/C14H22N6O/c1-18-10-2-3-11(18)8-19(5-4-10)14(21)13-9-20(17-16-13)12-6-15-7-12/h9-12,15H,2-8H2,1H3. The smallest absolute Gasteiger partial charge is 0.276 e. The van der Waals surface area contributed by atoms with Gasteiger partial charge in [-0.3, -0.25) is 9.69 Å². The number of aromatic nitrogens is 3. The van der Waals surface area contributed by atoms with Crippen LogP contribution in [0.2, 0.25) is 0 Å². The Morgan fingerprint density at radius 1 is 1.24 bits per heavy atom. The lowest BCUT2D eigenvalue weighted by atomic mass is 10.1. The Morgan fingerprint density at radius 3 is 2.81 bits per heavy atom. The van der Waals surface area contributed by atoms with Crippen molar-refractivity contribution in [2.75, 3.05) is 33.2 Å². The lowest BCUT2D eigenvalue weighted by Crippen LogP contribution is -2.43. The van der Waals surface area contributed by atoms with Crippen molar-refractivity contribution in [1.29, 1.82) is 0 Å². The highest BCUT2D eigenvalue weighted by Gasteiger charge is 2.36. The maximum absolute atomic E-state index is 12.7. The average Bonchev–Trinajstić information content (AvgIpc) is 2.94. The van der Waals surface area contributed by atoms with Crippen molar-refractivity contribution in [2.45, 2.75) is 37.4 Å². The van der Waals surface area contributed by atoms with Crippen molar-refractivity contribution >= 4 is 5.91 Å². The molecule has 4 rings (SSSR count). The van der Waals surface area contributed by atoms with E-state index in [0.29, 0.717) is 23.8 Å². The van der Waals surface area contributed by atoms with Crippen LogP contribution in [0.25, 0.3) is 0 Å². The number of rotatable bonds is 2. The van der Waals surface area contributed by atoms with E-state index in [1.807, 2.05) is 9.58 Å². The average molecular weight is 290 g/mol. The van der Waals surface area contributed by atoms with Crippen molar-refractivity contribution in [3.05, 3.63) is 11.9 Å². The largest absolute Gasteiger partial charge is 0.336 e. The van der Waals surface area contributed by atoms with Crippen LogP contribution in [0.5, 0.6) is 0 Å². The van der Waals surface area contributed by atoms with Crippen LogP contribution < -0.4 is 5.32 Å². The zero-order valence-electron chi connectivity index (χ0n) is 12.4. The molecule has 114 valence electrons. The van der Waals surface area contributed by atoms with Crippen LogP contribution in [0.3, 0.4) is 0 Å². The van der Waals surface area contributed by atoms with Crippen molar-refractivity contribution in [3.8, 4) is 0 Å². The number of fused-ring (bicyclic) bond motifs is 2. The summed E-state index contributed by atoms with van der Waals surface area (Å²) in [6.45, 7) is 3.48. The second kappa shape index (κ2) is 5.06. The Hall–Kier alpha value is -1.47. The molecule has 0 aromatic carbocycles. The van der Waals surface area contributed by atoms with Crippen LogP contribution in [0.15, 0.2) is 6.20 Å². The molecular weight excluding hydrogens is 268 g/mol. The summed E-state index contributed by atoms with van der Waals surface area (Å²) in [4.78, 5) is 17.1. The quantitative estimate of drug-likeness (QED) is 0.812. The first kappa shape index (κ1) is 13.2. The van der Waals surface area contributed by atoms with Gasteiger partial charge in [0, 0.05) is 38.3 Å². The Balaban J connectivity index is 1.48. The number of likely N-dealkylation sites (tertiary alicyclic amines) is 1. The van der Waals surface area contributed by atoms with Crippen LogP contribution >= 0.6 is 0 Å². The third-order valence-corrected chi connectivity index (χ3v) is 5.30. The molecule has 2 bridgehead atoms. The van der Waals surface area contributed by atoms with E-state index >= 15 is 0 Å². The molecule has 2 unspecified atom stereocenters. The van der Waals surface area contributed by atoms with Crippen LogP contribution in [-0.2, 0) is 0 Å². The number of carbonyl (C=O) groups is 1. The molecule has 0 saturated carbocycles. The van der Waals surface area contributed by atoms with E-state index in [1.54, 1.807) is 6.20 Å². The van der Waals surface area contributed by atoms with Gasteiger partial charge in [0.1, 0.15) is 0 Å². The number of amides is 1. The lowest BCUT2D eigenvalue weighted by molar-refractivity contribution is 0.0734. The highest BCUT2D eigenvalue weighted by Crippen LogP contribution is 2.28. The van der Waals surface area contributed by atoms with Gasteiger partial charge in [-0.1, -0.05) is 5.21 Å². The third kappa shape index (κ3) is 2.24. The number of nitrogens with zero attached hydrogens (tertiary/aromatic N) is 5. The second-order valence-electron chi connectivity index (χ2n) is 6.49. The minimum Gasteiger partial charge on any atom is -0.336 e. The highest BCUT2D eigenvalue weighted by atomic mass is 16.2. The summed E-state index contributed by atoms with van der Waals surface area (Å²) in [5, 5.41) is 11.4. The van der Waals surface area contributed by atoms with Crippen LogP contribution in [0.4, 0.5) is 0 Å². The Kier molecular flexibility index (Phi) is 3.19. The van der Waals surface area contributed by atoms with Crippen molar-refractivity contribution in [1.82, 2.24) is 30.1 Å². The van der Waals surface area contributed by atoms with Gasteiger partial charge in [-0.15, -0.1) is 5.10 Å². The monoisotopic (exact) mass is 290 g/mol. The van der Waals surface area contributed by atoms with E-state index in [2.05, 4.69) is 27.6 Å². The van der Waals surface area contributed by atoms with Gasteiger partial charge in [0.15, 0.2) is 5.69 Å². The molecule has 3 aliphatic heterocycles. The van der Waals surface area contributed by atoms with Crippen molar-refractivity contribution in [3.63, 3.8) is 0 Å². The zero-order valence-corrected chi connectivity index (χ0v) is 12.4. The van der Waals surface area contributed by atoms with Gasteiger partial charge in [-0.2, -0.15) is 0 Å². The van der Waals surface area contributed by atoms with Crippen molar-refractivity contribution < 1.29 is 4.79 Å². The number of carbonyl (C=O) groups excluding carboxylic acids is 1. The van der Waals surface area contributed by atoms with Gasteiger partial charge in [-0.25, -0.2) is 4.68 Å². The molecule has 0 radical (unpaired) electrons. The SMILES string of the molecule is CN1C2CCC1CN(C(=O)c1cn(C3CNC3)nn1)CC2. The first-order valence-corrected chi connectivity index (χ1v) is 7.86. The topological polar surface area (TPSA) is 66.3 Å². The highest BCUT2D eigenvalue weighted by molar-refractivity contribution is 5.92. The van der Waals surface area contributed by atoms with Gasteiger partial charge in [0.05, 0.1) is 12.2 Å². The number of likely N-dealkylation sites (N-methyl/N-ethyl adjacent to an activating group) is 1. The van der Waals surface area contributed by atoms with E-state index in [9.17, 15) is 4.79 Å². The van der Waals surface area contributed by atoms with Crippen molar-refractivity contribution in [2.24, 2.45) is 0 Å². The minimum absolute atomic E-state index is 0.0366. The molecule has 1 aromatic rings. The molecule has 1 aromatic heterocycles. The number of nitrogens with one attached hydrogen (secondary N) is 1. The van der Waals surface area contributed by atoms with Crippen LogP contribution in [0.1, 0.15) is 35.8 Å². The fourth-order valence-corrected chi connectivity index (χ4v) is 3.67. The van der Waals surface area contributed by atoms with Crippen LogP contribution in [0, 0.1) is 0 Å². The fraction of sp³-hybridized carbons (Fsp3) is 0.786. The molecule has 3 fully saturated rings. The zero-order chi connectivity index (χ0) is 14.4. The van der Waals surface area contributed by atoms with Crippen LogP contribution in [-0.4, -0.2) is 76.0 Å². The lowest BCUT2D eigenvalue weighted by Gasteiger charge is -2.26. The maximum atomic E-state index is 12.7. The second-order valence-corrected chi connectivity index (χ2v) is 6.49. The van der Waals surface area contributed by atoms with Gasteiger partial charge in [0.25, 0.3) is 5.91 Å². The number of hydrogen-bond acceptors (Lipinski definition) is 5. The summed E-state index contributed by atoms with van der Waals surface area (Å²) < 4.78 is 1.82. The summed E-state index contributed by atoms with van der Waals surface area (Å²) >= 11 is 0. The van der Waals surface area contributed by atoms with E-state index in [4.69, 9.17) is 0 Å². The molecule has 0 aliphatic carbocycles. The molecule has 1 N–H and O–H groups in total. The molecule has 3 aliphatic rings. The molecule has 21 heavy (non-hydrogen) atoms. The normalized spacial score (nSPS) is 30.2. The molecule has 7 heteroatoms. The predicted molar refractivity (Wildman–Crippen MR) is 77.0 cm³/mol. The maximum Gasteiger partial charge on any atom is 0.276 e. The predicted octanol–water partition coefficient (Wildman–Crippen LogP) is -0.269. The molecule has 4 heterocycles. The van der Waals surface area contributed by atoms with Gasteiger partial charge < -0.3 is 10.2 Å². The third-order valence-electron chi connectivity index (χ3n) is 5.30. The Bertz CT molecular complexity index is 539. The molecule has 2 atom stereocenters. The van der Waals surface area contributed by atoms with E-state index in [1.165, 1.54) is 12.8 Å². The molecule has 3 saturated heterocycles. The summed E-state index contributed by atoms with van der Waals surface area (Å²) in [6, 6.07) is 1.50. The minimum atomic E-state index is 0.0366. The molecule has 0 spiro atoms. The van der Waals surface area contributed by atoms with E-state index in [-0.39, 0.29) is 5.91 Å². The fourth-order valence-electron chi connectivity index (χ4n) is 3.67. The summed E-state index contributed by atoms with van der Waals surface area (Å²) in [5.74, 6) is 0.0366. The first-order valence-electron chi connectivity index (χ1n) is 7.86. The summed E-state index contributed by atoms with van der Waals surface area (Å²) in [5.41, 5.74) is 0.488. The summed E-state index contributed by atoms with van der Waals surface area (Å²) in [6.07, 6.45) is 5.35. The van der Waals surface area contributed by atoms with Gasteiger partial charge in [-0.05, 0) is 26.3 Å². The molecule has 1 amide bonds.